The zero-order valence-electron chi connectivity index (χ0n) is 8.92. The van der Waals surface area contributed by atoms with E-state index in [1.54, 1.807) is 13.0 Å². The fraction of sp³-hybridized carbons (Fsp3) is 0.500. The number of aliphatic hydroxyl groups is 1. The van der Waals surface area contributed by atoms with E-state index in [1.165, 1.54) is 12.1 Å². The van der Waals surface area contributed by atoms with Gasteiger partial charge in [-0.25, -0.2) is 4.39 Å². The minimum atomic E-state index is -0.385. The van der Waals surface area contributed by atoms with Gasteiger partial charge in [0.1, 0.15) is 5.82 Å². The Bertz CT molecular complexity index is 307. The SMILES string of the molecule is CC[C@@H](c1ccc(F)cc1C)[C@@H](C)O. The molecule has 0 bridgehead atoms. The highest BCUT2D eigenvalue weighted by Crippen LogP contribution is 2.26. The van der Waals surface area contributed by atoms with Crippen LogP contribution in [0.1, 0.15) is 37.3 Å². The number of benzene rings is 1. The van der Waals surface area contributed by atoms with Crippen LogP contribution in [-0.4, -0.2) is 11.2 Å². The van der Waals surface area contributed by atoms with E-state index in [9.17, 15) is 9.50 Å². The van der Waals surface area contributed by atoms with Crippen LogP contribution in [0.4, 0.5) is 4.39 Å². The molecule has 1 N–H and O–H groups in total. The largest absolute Gasteiger partial charge is 0.393 e. The molecule has 0 aliphatic rings. The maximum atomic E-state index is 12.9. The van der Waals surface area contributed by atoms with Gasteiger partial charge in [-0.05, 0) is 43.5 Å². The minimum Gasteiger partial charge on any atom is -0.393 e. The number of halogens is 1. The molecule has 0 heterocycles. The van der Waals surface area contributed by atoms with Gasteiger partial charge < -0.3 is 5.11 Å². The molecule has 1 nitrogen and oxygen atoms in total. The van der Waals surface area contributed by atoms with Crippen molar-refractivity contribution in [2.45, 2.75) is 39.2 Å². The van der Waals surface area contributed by atoms with Gasteiger partial charge in [0.25, 0.3) is 0 Å². The zero-order chi connectivity index (χ0) is 10.7. The summed E-state index contributed by atoms with van der Waals surface area (Å²) in [6.45, 7) is 5.68. The van der Waals surface area contributed by atoms with Crippen LogP contribution in [-0.2, 0) is 0 Å². The van der Waals surface area contributed by atoms with Gasteiger partial charge in [-0.15, -0.1) is 0 Å². The van der Waals surface area contributed by atoms with E-state index in [0.717, 1.165) is 17.5 Å². The highest BCUT2D eigenvalue weighted by Gasteiger charge is 2.17. The van der Waals surface area contributed by atoms with Gasteiger partial charge >= 0.3 is 0 Å². The molecule has 1 rings (SSSR count). The summed E-state index contributed by atoms with van der Waals surface area (Å²) in [7, 11) is 0. The third-order valence-corrected chi connectivity index (χ3v) is 2.65. The monoisotopic (exact) mass is 196 g/mol. The second-order valence-corrected chi connectivity index (χ2v) is 3.76. The first-order valence-corrected chi connectivity index (χ1v) is 5.00. The Hall–Kier alpha value is -0.890. The molecule has 0 aliphatic carbocycles. The van der Waals surface area contributed by atoms with E-state index in [-0.39, 0.29) is 17.8 Å². The smallest absolute Gasteiger partial charge is 0.123 e. The average molecular weight is 196 g/mol. The molecule has 0 spiro atoms. The van der Waals surface area contributed by atoms with E-state index in [2.05, 4.69) is 0 Å². The quantitative estimate of drug-likeness (QED) is 0.788. The summed E-state index contributed by atoms with van der Waals surface area (Å²) in [4.78, 5) is 0. The molecule has 0 saturated carbocycles. The molecule has 14 heavy (non-hydrogen) atoms. The van der Waals surface area contributed by atoms with Crippen molar-refractivity contribution in [2.24, 2.45) is 0 Å². The van der Waals surface area contributed by atoms with Crippen LogP contribution in [0.3, 0.4) is 0 Å². The molecule has 0 aromatic heterocycles. The molecule has 0 radical (unpaired) electrons. The highest BCUT2D eigenvalue weighted by molar-refractivity contribution is 5.30. The van der Waals surface area contributed by atoms with Gasteiger partial charge in [0, 0.05) is 5.92 Å². The summed E-state index contributed by atoms with van der Waals surface area (Å²) < 4.78 is 12.9. The number of aliphatic hydroxyl groups excluding tert-OH is 1. The van der Waals surface area contributed by atoms with Crippen molar-refractivity contribution in [1.29, 1.82) is 0 Å². The number of aryl methyl sites for hydroxylation is 1. The van der Waals surface area contributed by atoms with Crippen LogP contribution in [0, 0.1) is 12.7 Å². The van der Waals surface area contributed by atoms with Crippen molar-refractivity contribution < 1.29 is 9.50 Å². The molecular weight excluding hydrogens is 179 g/mol. The summed E-state index contributed by atoms with van der Waals surface area (Å²) in [5, 5.41) is 9.57. The second-order valence-electron chi connectivity index (χ2n) is 3.76. The highest BCUT2D eigenvalue weighted by atomic mass is 19.1. The molecule has 78 valence electrons. The second kappa shape index (κ2) is 4.56. The number of hydrogen-bond acceptors (Lipinski definition) is 1. The normalized spacial score (nSPS) is 15.2. The van der Waals surface area contributed by atoms with Crippen LogP contribution in [0.15, 0.2) is 18.2 Å². The lowest BCUT2D eigenvalue weighted by molar-refractivity contribution is 0.159. The van der Waals surface area contributed by atoms with Crippen molar-refractivity contribution in [2.75, 3.05) is 0 Å². The minimum absolute atomic E-state index is 0.107. The van der Waals surface area contributed by atoms with Crippen LogP contribution in [0.5, 0.6) is 0 Å². The van der Waals surface area contributed by atoms with E-state index >= 15 is 0 Å². The number of hydrogen-bond donors (Lipinski definition) is 1. The summed E-state index contributed by atoms with van der Waals surface area (Å²) in [6, 6.07) is 4.74. The van der Waals surface area contributed by atoms with Gasteiger partial charge in [0.15, 0.2) is 0 Å². The zero-order valence-corrected chi connectivity index (χ0v) is 8.92. The van der Waals surface area contributed by atoms with Crippen molar-refractivity contribution >= 4 is 0 Å². The fourth-order valence-corrected chi connectivity index (χ4v) is 1.88. The van der Waals surface area contributed by atoms with Crippen molar-refractivity contribution in [1.82, 2.24) is 0 Å². The van der Waals surface area contributed by atoms with Crippen LogP contribution in [0.2, 0.25) is 0 Å². The summed E-state index contributed by atoms with van der Waals surface area (Å²) >= 11 is 0. The molecule has 0 fully saturated rings. The van der Waals surface area contributed by atoms with E-state index in [4.69, 9.17) is 0 Å². The van der Waals surface area contributed by atoms with Gasteiger partial charge in [0.2, 0.25) is 0 Å². The predicted molar refractivity (Wildman–Crippen MR) is 55.8 cm³/mol. The van der Waals surface area contributed by atoms with Gasteiger partial charge in [-0.1, -0.05) is 13.0 Å². The standard InChI is InChI=1S/C12H17FO/c1-4-11(9(3)14)12-6-5-10(13)7-8(12)2/h5-7,9,11,14H,4H2,1-3H3/t9-,11-/m1/s1. The molecule has 1 aromatic rings. The lowest BCUT2D eigenvalue weighted by Crippen LogP contribution is -2.14. The first-order chi connectivity index (χ1) is 6.56. The molecule has 0 unspecified atom stereocenters. The average Bonchev–Trinajstić information content (AvgIpc) is 2.09. The maximum absolute atomic E-state index is 12.9. The Labute approximate surface area is 84.6 Å². The van der Waals surface area contributed by atoms with Gasteiger partial charge in [-0.3, -0.25) is 0 Å². The molecule has 0 saturated heterocycles. The number of rotatable bonds is 3. The Morgan fingerprint density at radius 2 is 2.07 bits per heavy atom. The van der Waals surface area contributed by atoms with Gasteiger partial charge in [0.05, 0.1) is 6.10 Å². The Morgan fingerprint density at radius 3 is 2.50 bits per heavy atom. The van der Waals surface area contributed by atoms with E-state index in [1.807, 2.05) is 13.8 Å². The molecular formula is C12H17FO. The molecule has 0 aliphatic heterocycles. The van der Waals surface area contributed by atoms with Crippen molar-refractivity contribution in [3.8, 4) is 0 Å². The Balaban J connectivity index is 3.04. The van der Waals surface area contributed by atoms with Crippen LogP contribution in [0.25, 0.3) is 0 Å². The summed E-state index contributed by atoms with van der Waals surface area (Å²) in [6.07, 6.45) is 0.480. The summed E-state index contributed by atoms with van der Waals surface area (Å²) in [5.41, 5.74) is 1.96. The predicted octanol–water partition coefficient (Wildman–Crippen LogP) is 3.01. The van der Waals surface area contributed by atoms with Crippen molar-refractivity contribution in [3.63, 3.8) is 0 Å². The lowest BCUT2D eigenvalue weighted by Gasteiger charge is -2.20. The summed E-state index contributed by atoms with van der Waals surface area (Å²) in [5.74, 6) is -0.109. The molecule has 2 heteroatoms. The third-order valence-electron chi connectivity index (χ3n) is 2.65. The molecule has 0 amide bonds. The fourth-order valence-electron chi connectivity index (χ4n) is 1.88. The van der Waals surface area contributed by atoms with Gasteiger partial charge in [-0.2, -0.15) is 0 Å². The Kier molecular flexibility index (Phi) is 3.64. The molecule has 1 aromatic carbocycles. The topological polar surface area (TPSA) is 20.2 Å². The van der Waals surface area contributed by atoms with Crippen molar-refractivity contribution in [3.05, 3.63) is 35.1 Å². The molecule has 2 atom stereocenters. The van der Waals surface area contributed by atoms with E-state index < -0.39 is 0 Å². The first kappa shape index (κ1) is 11.2. The van der Waals surface area contributed by atoms with E-state index in [0.29, 0.717) is 0 Å². The Morgan fingerprint density at radius 1 is 1.43 bits per heavy atom. The lowest BCUT2D eigenvalue weighted by atomic mass is 9.89. The van der Waals surface area contributed by atoms with Crippen LogP contribution >= 0.6 is 0 Å². The van der Waals surface area contributed by atoms with Crippen LogP contribution < -0.4 is 0 Å². The third kappa shape index (κ3) is 2.32. The maximum Gasteiger partial charge on any atom is 0.123 e. The first-order valence-electron chi connectivity index (χ1n) is 5.00.